The minimum absolute atomic E-state index is 0.0247. The lowest BCUT2D eigenvalue weighted by Crippen LogP contribution is -2.52. The second-order valence-corrected chi connectivity index (χ2v) is 12.5. The molecule has 1 amide bonds. The molecule has 2 aliphatic heterocycles. The normalized spacial score (nSPS) is 18.9. The van der Waals surface area contributed by atoms with Crippen molar-refractivity contribution in [3.63, 3.8) is 0 Å². The third-order valence-electron chi connectivity index (χ3n) is 6.39. The molecule has 0 saturated carbocycles. The van der Waals surface area contributed by atoms with Crippen LogP contribution in [0.25, 0.3) is 0 Å². The Kier molecular flexibility index (Phi) is 6.78. The summed E-state index contributed by atoms with van der Waals surface area (Å²) < 4.78 is 51.1. The standard InChI is InChI=1S/C23H29N3O5S2/c1-32(28,29)21-8-5-9-22(18-21)33(30,31)26-12-10-19(11-13-26)23(27)25-16-14-24(15-17-25)20-6-3-2-4-7-20/h2-9,18-19H,10-17H2,1H3. The highest BCUT2D eigenvalue weighted by Gasteiger charge is 2.35. The zero-order valence-corrected chi connectivity index (χ0v) is 20.3. The summed E-state index contributed by atoms with van der Waals surface area (Å²) in [5, 5.41) is 0. The summed E-state index contributed by atoms with van der Waals surface area (Å²) in [6, 6.07) is 15.6. The first-order valence-electron chi connectivity index (χ1n) is 11.1. The van der Waals surface area contributed by atoms with Crippen LogP contribution in [0.4, 0.5) is 5.69 Å². The summed E-state index contributed by atoms with van der Waals surface area (Å²) in [7, 11) is -7.33. The second kappa shape index (κ2) is 9.44. The van der Waals surface area contributed by atoms with Gasteiger partial charge in [-0.1, -0.05) is 24.3 Å². The molecule has 0 radical (unpaired) electrons. The molecule has 2 saturated heterocycles. The van der Waals surface area contributed by atoms with Gasteiger partial charge in [0.15, 0.2) is 9.84 Å². The predicted octanol–water partition coefficient (Wildman–Crippen LogP) is 1.84. The summed E-state index contributed by atoms with van der Waals surface area (Å²) in [5.74, 6) is -0.0964. The fourth-order valence-electron chi connectivity index (χ4n) is 4.44. The second-order valence-electron chi connectivity index (χ2n) is 8.57. The first-order chi connectivity index (χ1) is 15.7. The van der Waals surface area contributed by atoms with E-state index in [1.807, 2.05) is 23.1 Å². The van der Waals surface area contributed by atoms with E-state index in [0.717, 1.165) is 25.0 Å². The number of sulfonamides is 1. The molecule has 33 heavy (non-hydrogen) atoms. The number of anilines is 1. The van der Waals surface area contributed by atoms with Crippen molar-refractivity contribution in [2.45, 2.75) is 22.6 Å². The van der Waals surface area contributed by atoms with Crippen LogP contribution in [-0.2, 0) is 24.7 Å². The summed E-state index contributed by atoms with van der Waals surface area (Å²) in [4.78, 5) is 17.2. The zero-order valence-electron chi connectivity index (χ0n) is 18.6. The first-order valence-corrected chi connectivity index (χ1v) is 14.4. The van der Waals surface area contributed by atoms with Crippen LogP contribution >= 0.6 is 0 Å². The molecule has 0 atom stereocenters. The molecule has 2 fully saturated rings. The minimum atomic E-state index is -3.82. The van der Waals surface area contributed by atoms with Crippen molar-refractivity contribution in [3.8, 4) is 0 Å². The van der Waals surface area contributed by atoms with Crippen LogP contribution in [0.2, 0.25) is 0 Å². The van der Waals surface area contributed by atoms with E-state index >= 15 is 0 Å². The molecule has 0 aliphatic carbocycles. The number of piperazine rings is 1. The highest BCUT2D eigenvalue weighted by Crippen LogP contribution is 2.27. The van der Waals surface area contributed by atoms with Crippen molar-refractivity contribution in [2.75, 3.05) is 50.4 Å². The molecule has 0 spiro atoms. The number of benzene rings is 2. The Morgan fingerprint density at radius 3 is 2.00 bits per heavy atom. The van der Waals surface area contributed by atoms with E-state index in [0.29, 0.717) is 25.9 Å². The van der Waals surface area contributed by atoms with E-state index in [-0.39, 0.29) is 34.7 Å². The van der Waals surface area contributed by atoms with Crippen molar-refractivity contribution in [3.05, 3.63) is 54.6 Å². The summed E-state index contributed by atoms with van der Waals surface area (Å²) in [5.41, 5.74) is 1.16. The van der Waals surface area contributed by atoms with Gasteiger partial charge < -0.3 is 9.80 Å². The van der Waals surface area contributed by atoms with Crippen LogP contribution in [-0.4, -0.2) is 77.5 Å². The van der Waals surface area contributed by atoms with Crippen molar-refractivity contribution in [1.82, 2.24) is 9.21 Å². The van der Waals surface area contributed by atoms with Gasteiger partial charge in [-0.3, -0.25) is 4.79 Å². The number of piperidine rings is 1. The van der Waals surface area contributed by atoms with Gasteiger partial charge in [-0.2, -0.15) is 4.31 Å². The molecule has 2 aromatic rings. The monoisotopic (exact) mass is 491 g/mol. The van der Waals surface area contributed by atoms with Crippen molar-refractivity contribution < 1.29 is 21.6 Å². The number of rotatable bonds is 5. The number of amides is 1. The Hall–Kier alpha value is -2.43. The molecule has 178 valence electrons. The molecular weight excluding hydrogens is 462 g/mol. The Bertz CT molecular complexity index is 1200. The van der Waals surface area contributed by atoms with E-state index < -0.39 is 19.9 Å². The summed E-state index contributed by atoms with van der Waals surface area (Å²) >= 11 is 0. The van der Waals surface area contributed by atoms with E-state index in [9.17, 15) is 21.6 Å². The van der Waals surface area contributed by atoms with E-state index in [4.69, 9.17) is 0 Å². The average Bonchev–Trinajstić information content (AvgIpc) is 2.84. The van der Waals surface area contributed by atoms with E-state index in [2.05, 4.69) is 17.0 Å². The van der Waals surface area contributed by atoms with Gasteiger partial charge in [-0.25, -0.2) is 16.8 Å². The van der Waals surface area contributed by atoms with Gasteiger partial charge in [0.05, 0.1) is 9.79 Å². The maximum Gasteiger partial charge on any atom is 0.243 e. The van der Waals surface area contributed by atoms with Gasteiger partial charge in [0.1, 0.15) is 0 Å². The number of hydrogen-bond donors (Lipinski definition) is 0. The molecule has 2 aromatic carbocycles. The van der Waals surface area contributed by atoms with Gasteiger partial charge in [0.25, 0.3) is 0 Å². The van der Waals surface area contributed by atoms with Crippen molar-refractivity contribution in [1.29, 1.82) is 0 Å². The predicted molar refractivity (Wildman–Crippen MR) is 126 cm³/mol. The molecule has 0 aromatic heterocycles. The van der Waals surface area contributed by atoms with Gasteiger partial charge in [0, 0.05) is 57.1 Å². The Morgan fingerprint density at radius 1 is 0.788 bits per heavy atom. The lowest BCUT2D eigenvalue weighted by molar-refractivity contribution is -0.137. The maximum atomic E-state index is 13.1. The SMILES string of the molecule is CS(=O)(=O)c1cccc(S(=O)(=O)N2CCC(C(=O)N3CCN(c4ccccc4)CC3)CC2)c1. The number of carbonyl (C=O) groups excluding carboxylic acids is 1. The molecule has 4 rings (SSSR count). The number of hydrogen-bond acceptors (Lipinski definition) is 6. The lowest BCUT2D eigenvalue weighted by Gasteiger charge is -2.39. The molecule has 0 bridgehead atoms. The molecule has 0 unspecified atom stereocenters. The van der Waals surface area contributed by atoms with Gasteiger partial charge in [-0.15, -0.1) is 0 Å². The van der Waals surface area contributed by atoms with Crippen LogP contribution in [0.3, 0.4) is 0 Å². The van der Waals surface area contributed by atoms with Crippen molar-refractivity contribution >= 4 is 31.5 Å². The number of nitrogens with zero attached hydrogens (tertiary/aromatic N) is 3. The van der Waals surface area contributed by atoms with Gasteiger partial charge >= 0.3 is 0 Å². The van der Waals surface area contributed by atoms with Crippen molar-refractivity contribution in [2.24, 2.45) is 5.92 Å². The van der Waals surface area contributed by atoms with Crippen LogP contribution in [0.5, 0.6) is 0 Å². The quantitative estimate of drug-likeness (QED) is 0.634. The summed E-state index contributed by atoms with van der Waals surface area (Å²) in [6.07, 6.45) is 1.97. The molecule has 10 heteroatoms. The van der Waals surface area contributed by atoms with Crippen LogP contribution in [0, 0.1) is 5.92 Å². The zero-order chi connectivity index (χ0) is 23.6. The molecule has 2 aliphatic rings. The number of carbonyl (C=O) groups is 1. The highest BCUT2D eigenvalue weighted by atomic mass is 32.2. The molecule has 0 N–H and O–H groups in total. The third-order valence-corrected chi connectivity index (χ3v) is 9.39. The van der Waals surface area contributed by atoms with Gasteiger partial charge in [0.2, 0.25) is 15.9 Å². The summed E-state index contributed by atoms with van der Waals surface area (Å²) in [6.45, 7) is 3.35. The largest absolute Gasteiger partial charge is 0.368 e. The first kappa shape index (κ1) is 23.7. The highest BCUT2D eigenvalue weighted by molar-refractivity contribution is 7.91. The minimum Gasteiger partial charge on any atom is -0.368 e. The molecule has 2 heterocycles. The smallest absolute Gasteiger partial charge is 0.243 e. The Labute approximate surface area is 195 Å². The molecule has 8 nitrogen and oxygen atoms in total. The van der Waals surface area contributed by atoms with Crippen LogP contribution < -0.4 is 4.90 Å². The lowest BCUT2D eigenvalue weighted by atomic mass is 9.96. The van der Waals surface area contributed by atoms with Gasteiger partial charge in [-0.05, 0) is 43.2 Å². The maximum absolute atomic E-state index is 13.1. The van der Waals surface area contributed by atoms with Crippen LogP contribution in [0.1, 0.15) is 12.8 Å². The number of sulfone groups is 1. The average molecular weight is 492 g/mol. The van der Waals surface area contributed by atoms with Crippen LogP contribution in [0.15, 0.2) is 64.4 Å². The Balaban J connectivity index is 1.35. The molecular formula is C23H29N3O5S2. The van der Waals surface area contributed by atoms with E-state index in [1.54, 1.807) is 0 Å². The topological polar surface area (TPSA) is 95.1 Å². The van der Waals surface area contributed by atoms with E-state index in [1.165, 1.54) is 28.6 Å². The fourth-order valence-corrected chi connectivity index (χ4v) is 6.70. The third kappa shape index (κ3) is 5.23. The fraction of sp³-hybridized carbons (Fsp3) is 0.435. The Morgan fingerprint density at radius 2 is 1.39 bits per heavy atom. The number of para-hydroxylation sites is 1.